The molecule has 0 aromatic heterocycles. The molecule has 0 saturated heterocycles. The number of ether oxygens (including phenoxy) is 1. The second-order valence-electron chi connectivity index (χ2n) is 3.83. The van der Waals surface area contributed by atoms with Crippen LogP contribution < -0.4 is 5.32 Å². The maximum absolute atomic E-state index is 5.44. The van der Waals surface area contributed by atoms with Crippen LogP contribution in [-0.2, 0) is 4.74 Å². The summed E-state index contributed by atoms with van der Waals surface area (Å²) in [5.41, 5.74) is 0. The minimum Gasteiger partial charge on any atom is -0.377 e. The molecule has 0 atom stereocenters. The second-order valence-corrected chi connectivity index (χ2v) is 5.00. The van der Waals surface area contributed by atoms with Gasteiger partial charge in [0.2, 0.25) is 0 Å². The largest absolute Gasteiger partial charge is 0.377 e. The molecule has 0 bridgehead atoms. The van der Waals surface area contributed by atoms with Crippen molar-refractivity contribution in [1.82, 2.24) is 5.32 Å². The molecule has 16 heavy (non-hydrogen) atoms. The van der Waals surface area contributed by atoms with Crippen LogP contribution in [-0.4, -0.2) is 31.6 Å². The molecule has 0 fully saturated rings. The van der Waals surface area contributed by atoms with Crippen molar-refractivity contribution in [3.8, 4) is 0 Å². The van der Waals surface area contributed by atoms with Gasteiger partial charge in [0.05, 0.1) is 12.7 Å². The van der Waals surface area contributed by atoms with Crippen LogP contribution in [0.5, 0.6) is 0 Å². The van der Waals surface area contributed by atoms with Crippen LogP contribution in [0.1, 0.15) is 13.8 Å². The van der Waals surface area contributed by atoms with Gasteiger partial charge in [-0.3, -0.25) is 0 Å². The molecular weight excluding hydrogens is 218 g/mol. The van der Waals surface area contributed by atoms with Gasteiger partial charge in [-0.2, -0.15) is 0 Å². The van der Waals surface area contributed by atoms with E-state index < -0.39 is 0 Å². The van der Waals surface area contributed by atoms with Gasteiger partial charge in [0, 0.05) is 23.7 Å². The van der Waals surface area contributed by atoms with Gasteiger partial charge in [0.1, 0.15) is 0 Å². The van der Waals surface area contributed by atoms with Crippen LogP contribution in [0.25, 0.3) is 0 Å². The molecule has 2 nitrogen and oxygen atoms in total. The van der Waals surface area contributed by atoms with Gasteiger partial charge < -0.3 is 10.1 Å². The minimum atomic E-state index is 0.334. The highest BCUT2D eigenvalue weighted by molar-refractivity contribution is 7.99. The monoisotopic (exact) mass is 239 g/mol. The Kier molecular flexibility index (Phi) is 7.30. The lowest BCUT2D eigenvalue weighted by atomic mass is 10.4. The van der Waals surface area contributed by atoms with E-state index in [2.05, 4.69) is 43.4 Å². The Morgan fingerprint density at radius 2 is 1.94 bits per heavy atom. The van der Waals surface area contributed by atoms with Crippen LogP contribution in [0.3, 0.4) is 0 Å². The summed E-state index contributed by atoms with van der Waals surface area (Å²) in [6.07, 6.45) is 0.334. The molecular formula is C13H21NOS. The van der Waals surface area contributed by atoms with E-state index in [4.69, 9.17) is 4.74 Å². The molecule has 0 spiro atoms. The molecule has 0 aliphatic rings. The molecule has 0 aliphatic heterocycles. The molecule has 1 aromatic carbocycles. The van der Waals surface area contributed by atoms with Crippen molar-refractivity contribution < 1.29 is 4.74 Å². The van der Waals surface area contributed by atoms with Crippen molar-refractivity contribution in [1.29, 1.82) is 0 Å². The maximum Gasteiger partial charge on any atom is 0.0594 e. The first-order chi connectivity index (χ1) is 7.79. The Hall–Kier alpha value is -0.510. The number of thioether (sulfide) groups is 1. The lowest BCUT2D eigenvalue weighted by Crippen LogP contribution is -2.23. The van der Waals surface area contributed by atoms with Crippen LogP contribution in [0, 0.1) is 0 Å². The van der Waals surface area contributed by atoms with Crippen molar-refractivity contribution in [2.45, 2.75) is 24.8 Å². The zero-order valence-electron chi connectivity index (χ0n) is 10.1. The molecule has 0 heterocycles. The maximum atomic E-state index is 5.44. The lowest BCUT2D eigenvalue weighted by Gasteiger charge is -2.08. The van der Waals surface area contributed by atoms with Gasteiger partial charge >= 0.3 is 0 Å². The van der Waals surface area contributed by atoms with Gasteiger partial charge in [0.15, 0.2) is 0 Å². The first-order valence-corrected chi connectivity index (χ1v) is 6.78. The Morgan fingerprint density at radius 3 is 2.62 bits per heavy atom. The van der Waals surface area contributed by atoms with E-state index in [1.165, 1.54) is 4.90 Å². The lowest BCUT2D eigenvalue weighted by molar-refractivity contribution is 0.0812. The van der Waals surface area contributed by atoms with Gasteiger partial charge in [-0.25, -0.2) is 0 Å². The average Bonchev–Trinajstić information content (AvgIpc) is 2.29. The van der Waals surface area contributed by atoms with Crippen molar-refractivity contribution in [2.75, 3.05) is 25.4 Å². The molecule has 1 rings (SSSR count). The second kappa shape index (κ2) is 8.62. The number of hydrogen-bond donors (Lipinski definition) is 1. The third-order valence-electron chi connectivity index (χ3n) is 2.02. The summed E-state index contributed by atoms with van der Waals surface area (Å²) in [4.78, 5) is 1.34. The predicted octanol–water partition coefficient (Wildman–Crippen LogP) is 2.79. The smallest absolute Gasteiger partial charge is 0.0594 e. The molecule has 0 amide bonds. The Morgan fingerprint density at radius 1 is 1.19 bits per heavy atom. The molecule has 0 radical (unpaired) electrons. The number of rotatable bonds is 8. The van der Waals surface area contributed by atoms with Gasteiger partial charge in [-0.15, -0.1) is 11.8 Å². The molecule has 0 aliphatic carbocycles. The molecule has 0 unspecified atom stereocenters. The van der Waals surface area contributed by atoms with E-state index in [0.29, 0.717) is 6.10 Å². The fraction of sp³-hybridized carbons (Fsp3) is 0.538. The summed E-state index contributed by atoms with van der Waals surface area (Å²) in [7, 11) is 0. The zero-order chi connectivity index (χ0) is 11.6. The SMILES string of the molecule is CC(C)OCCNCCSc1ccccc1. The fourth-order valence-corrected chi connectivity index (χ4v) is 2.08. The van der Waals surface area contributed by atoms with Crippen molar-refractivity contribution in [3.63, 3.8) is 0 Å². The number of nitrogens with one attached hydrogen (secondary N) is 1. The summed E-state index contributed by atoms with van der Waals surface area (Å²) in [6, 6.07) is 10.5. The first-order valence-electron chi connectivity index (χ1n) is 5.79. The summed E-state index contributed by atoms with van der Waals surface area (Å²) in [5, 5.41) is 3.37. The number of hydrogen-bond acceptors (Lipinski definition) is 3. The summed E-state index contributed by atoms with van der Waals surface area (Å²) >= 11 is 1.88. The van der Waals surface area contributed by atoms with E-state index in [0.717, 1.165) is 25.4 Å². The summed E-state index contributed by atoms with van der Waals surface area (Å²) in [6.45, 7) is 6.89. The number of benzene rings is 1. The molecule has 1 aromatic rings. The highest BCUT2D eigenvalue weighted by Crippen LogP contribution is 2.15. The van der Waals surface area contributed by atoms with Crippen LogP contribution >= 0.6 is 11.8 Å². The quantitative estimate of drug-likeness (QED) is 0.557. The zero-order valence-corrected chi connectivity index (χ0v) is 10.9. The van der Waals surface area contributed by atoms with Crippen LogP contribution in [0.15, 0.2) is 35.2 Å². The predicted molar refractivity (Wildman–Crippen MR) is 71.1 cm³/mol. The van der Waals surface area contributed by atoms with E-state index >= 15 is 0 Å². The third-order valence-corrected chi connectivity index (χ3v) is 3.03. The normalized spacial score (nSPS) is 10.9. The minimum absolute atomic E-state index is 0.334. The van der Waals surface area contributed by atoms with Crippen molar-refractivity contribution in [2.24, 2.45) is 0 Å². The highest BCUT2D eigenvalue weighted by atomic mass is 32.2. The molecule has 0 saturated carbocycles. The Labute approximate surface area is 103 Å². The van der Waals surface area contributed by atoms with Crippen LogP contribution in [0.2, 0.25) is 0 Å². The summed E-state index contributed by atoms with van der Waals surface area (Å²) < 4.78 is 5.44. The first kappa shape index (κ1) is 13.6. The fourth-order valence-electron chi connectivity index (χ4n) is 1.25. The molecule has 1 N–H and O–H groups in total. The van der Waals surface area contributed by atoms with E-state index in [1.807, 2.05) is 17.8 Å². The average molecular weight is 239 g/mol. The van der Waals surface area contributed by atoms with Gasteiger partial charge in [0.25, 0.3) is 0 Å². The summed E-state index contributed by atoms with van der Waals surface area (Å²) in [5.74, 6) is 1.10. The van der Waals surface area contributed by atoms with Crippen molar-refractivity contribution in [3.05, 3.63) is 30.3 Å². The van der Waals surface area contributed by atoms with E-state index in [9.17, 15) is 0 Å². The Bertz CT molecular complexity index is 264. The topological polar surface area (TPSA) is 21.3 Å². The molecule has 90 valence electrons. The van der Waals surface area contributed by atoms with Crippen LogP contribution in [0.4, 0.5) is 0 Å². The third kappa shape index (κ3) is 6.88. The standard InChI is InChI=1S/C13H21NOS/c1-12(2)15-10-8-14-9-11-16-13-6-4-3-5-7-13/h3-7,12,14H,8-11H2,1-2H3. The van der Waals surface area contributed by atoms with Gasteiger partial charge in [-0.1, -0.05) is 18.2 Å². The van der Waals surface area contributed by atoms with Gasteiger partial charge in [-0.05, 0) is 26.0 Å². The van der Waals surface area contributed by atoms with E-state index in [-0.39, 0.29) is 0 Å². The highest BCUT2D eigenvalue weighted by Gasteiger charge is 1.94. The van der Waals surface area contributed by atoms with E-state index in [1.54, 1.807) is 0 Å². The Balaban J connectivity index is 1.93. The van der Waals surface area contributed by atoms with Crippen molar-refractivity contribution >= 4 is 11.8 Å². The molecule has 3 heteroatoms.